The molecule has 0 saturated carbocycles. The van der Waals surface area contributed by atoms with Crippen LogP contribution in [0.2, 0.25) is 0 Å². The van der Waals surface area contributed by atoms with Gasteiger partial charge in [0.2, 0.25) is 0 Å². The van der Waals surface area contributed by atoms with Gasteiger partial charge in [-0.3, -0.25) is 4.79 Å². The first-order valence-electron chi connectivity index (χ1n) is 3.75. The third-order valence-corrected chi connectivity index (χ3v) is 3.00. The summed E-state index contributed by atoms with van der Waals surface area (Å²) in [6.45, 7) is 0. The van der Waals surface area contributed by atoms with Gasteiger partial charge in [-0.2, -0.15) is 0 Å². The second-order valence-electron chi connectivity index (χ2n) is 2.61. The largest absolute Gasteiger partial charge is 0.469 e. The summed E-state index contributed by atoms with van der Waals surface area (Å²) in [4.78, 5) is 11.0. The third-order valence-electron chi connectivity index (χ3n) is 1.65. The number of rotatable bonds is 2. The molecule has 1 aromatic carbocycles. The number of carbonyl (C=O) groups excluding carboxylic acids is 1. The van der Waals surface area contributed by atoms with Crippen molar-refractivity contribution in [2.75, 3.05) is 7.11 Å². The zero-order chi connectivity index (χ0) is 10.7. The first kappa shape index (κ1) is 11.7. The van der Waals surface area contributed by atoms with E-state index in [2.05, 4.69) is 36.6 Å². The van der Waals surface area contributed by atoms with Crippen molar-refractivity contribution in [1.82, 2.24) is 0 Å². The van der Waals surface area contributed by atoms with E-state index in [1.807, 2.05) is 0 Å². The van der Waals surface area contributed by atoms with Crippen LogP contribution in [0.4, 0.5) is 4.39 Å². The highest BCUT2D eigenvalue weighted by Gasteiger charge is 2.10. The molecule has 0 bridgehead atoms. The average molecular weight is 326 g/mol. The van der Waals surface area contributed by atoms with Crippen LogP contribution in [0.15, 0.2) is 21.1 Å². The van der Waals surface area contributed by atoms with Crippen LogP contribution in [0, 0.1) is 5.82 Å². The van der Waals surface area contributed by atoms with Crippen LogP contribution in [0.5, 0.6) is 0 Å². The number of halogens is 3. The number of carbonyl (C=O) groups is 1. The van der Waals surface area contributed by atoms with Gasteiger partial charge in [0, 0.05) is 4.47 Å². The Kier molecular flexibility index (Phi) is 4.07. The van der Waals surface area contributed by atoms with Crippen LogP contribution in [0.1, 0.15) is 5.56 Å². The van der Waals surface area contributed by atoms with Crippen LogP contribution >= 0.6 is 31.9 Å². The van der Waals surface area contributed by atoms with Gasteiger partial charge in [-0.15, -0.1) is 0 Å². The molecular weight excluding hydrogens is 319 g/mol. The summed E-state index contributed by atoms with van der Waals surface area (Å²) in [6.07, 6.45) is 0.121. The number of esters is 1. The number of benzene rings is 1. The van der Waals surface area contributed by atoms with E-state index in [9.17, 15) is 9.18 Å². The molecule has 14 heavy (non-hydrogen) atoms. The van der Waals surface area contributed by atoms with E-state index < -0.39 is 0 Å². The van der Waals surface area contributed by atoms with Crippen molar-refractivity contribution < 1.29 is 13.9 Å². The maximum Gasteiger partial charge on any atom is 0.310 e. The Bertz CT molecular complexity index is 366. The Morgan fingerprint density at radius 2 is 2.07 bits per heavy atom. The maximum absolute atomic E-state index is 13.0. The van der Waals surface area contributed by atoms with Crippen LogP contribution in [-0.2, 0) is 16.0 Å². The number of ether oxygens (including phenoxy) is 1. The first-order valence-corrected chi connectivity index (χ1v) is 5.33. The molecule has 0 aliphatic heterocycles. The van der Waals surface area contributed by atoms with E-state index in [0.29, 0.717) is 14.5 Å². The van der Waals surface area contributed by atoms with Gasteiger partial charge in [-0.25, -0.2) is 4.39 Å². The van der Waals surface area contributed by atoms with Gasteiger partial charge in [-0.05, 0) is 33.6 Å². The van der Waals surface area contributed by atoms with E-state index in [1.165, 1.54) is 13.2 Å². The summed E-state index contributed by atoms with van der Waals surface area (Å²) in [6, 6.07) is 2.86. The van der Waals surface area contributed by atoms with E-state index >= 15 is 0 Å². The fraction of sp³-hybridized carbons (Fsp3) is 0.222. The normalized spacial score (nSPS) is 10.0. The molecule has 0 fully saturated rings. The standard InChI is InChI=1S/C9H7Br2FO2/c1-14-9(13)3-5-2-7(11)8(12)4-6(5)10/h2,4H,3H2,1H3. The van der Waals surface area contributed by atoms with E-state index in [4.69, 9.17) is 0 Å². The molecular formula is C9H7Br2FO2. The van der Waals surface area contributed by atoms with Crippen molar-refractivity contribution in [2.45, 2.75) is 6.42 Å². The van der Waals surface area contributed by atoms with Crippen LogP contribution in [-0.4, -0.2) is 13.1 Å². The Morgan fingerprint density at radius 3 is 2.64 bits per heavy atom. The number of hydrogen-bond acceptors (Lipinski definition) is 2. The van der Waals surface area contributed by atoms with Crippen molar-refractivity contribution in [3.05, 3.63) is 32.5 Å². The second-order valence-corrected chi connectivity index (χ2v) is 4.32. The maximum atomic E-state index is 13.0. The highest BCUT2D eigenvalue weighted by molar-refractivity contribution is 9.11. The molecule has 0 atom stereocenters. The van der Waals surface area contributed by atoms with Gasteiger partial charge < -0.3 is 4.74 Å². The summed E-state index contributed by atoms with van der Waals surface area (Å²) < 4.78 is 18.4. The van der Waals surface area contributed by atoms with E-state index in [0.717, 1.165) is 0 Å². The summed E-state index contributed by atoms with van der Waals surface area (Å²) in [5, 5.41) is 0. The summed E-state index contributed by atoms with van der Waals surface area (Å²) in [7, 11) is 1.31. The Balaban J connectivity index is 2.98. The molecule has 76 valence electrons. The van der Waals surface area contributed by atoms with Gasteiger partial charge >= 0.3 is 5.97 Å². The Morgan fingerprint density at radius 1 is 1.43 bits per heavy atom. The number of methoxy groups -OCH3 is 1. The smallest absolute Gasteiger partial charge is 0.310 e. The Labute approximate surface area is 97.7 Å². The van der Waals surface area contributed by atoms with Gasteiger partial charge in [0.1, 0.15) is 5.82 Å². The third kappa shape index (κ3) is 2.78. The molecule has 1 aromatic rings. The topological polar surface area (TPSA) is 26.3 Å². The van der Waals surface area contributed by atoms with Gasteiger partial charge in [0.15, 0.2) is 0 Å². The molecule has 0 aliphatic rings. The molecule has 0 aromatic heterocycles. The Hall–Kier alpha value is -0.420. The zero-order valence-electron chi connectivity index (χ0n) is 7.31. The zero-order valence-corrected chi connectivity index (χ0v) is 10.5. The second kappa shape index (κ2) is 4.89. The molecule has 0 N–H and O–H groups in total. The van der Waals surface area contributed by atoms with Crippen molar-refractivity contribution in [2.24, 2.45) is 0 Å². The molecule has 5 heteroatoms. The fourth-order valence-electron chi connectivity index (χ4n) is 0.927. The lowest BCUT2D eigenvalue weighted by Crippen LogP contribution is -2.05. The summed E-state index contributed by atoms with van der Waals surface area (Å²) >= 11 is 6.21. The molecule has 0 radical (unpaired) electrons. The lowest BCUT2D eigenvalue weighted by molar-refractivity contribution is -0.139. The fourth-order valence-corrected chi connectivity index (χ4v) is 1.77. The quantitative estimate of drug-likeness (QED) is 0.617. The molecule has 0 amide bonds. The van der Waals surface area contributed by atoms with Crippen molar-refractivity contribution in [3.8, 4) is 0 Å². The van der Waals surface area contributed by atoms with E-state index in [-0.39, 0.29) is 18.2 Å². The van der Waals surface area contributed by atoms with Gasteiger partial charge in [0.05, 0.1) is 18.0 Å². The predicted molar refractivity (Wildman–Crippen MR) is 57.5 cm³/mol. The molecule has 0 heterocycles. The minimum Gasteiger partial charge on any atom is -0.469 e. The SMILES string of the molecule is COC(=O)Cc1cc(Br)c(F)cc1Br. The lowest BCUT2D eigenvalue weighted by Gasteiger charge is -2.04. The van der Waals surface area contributed by atoms with Crippen molar-refractivity contribution in [3.63, 3.8) is 0 Å². The molecule has 0 unspecified atom stereocenters. The molecule has 0 saturated heterocycles. The predicted octanol–water partition coefficient (Wildman–Crippen LogP) is 3.07. The number of hydrogen-bond donors (Lipinski definition) is 0. The van der Waals surface area contributed by atoms with E-state index in [1.54, 1.807) is 6.07 Å². The first-order chi connectivity index (χ1) is 6.54. The summed E-state index contributed by atoms with van der Waals surface area (Å²) in [5.41, 5.74) is 0.685. The van der Waals surface area contributed by atoms with Gasteiger partial charge in [-0.1, -0.05) is 15.9 Å². The van der Waals surface area contributed by atoms with Crippen LogP contribution in [0.25, 0.3) is 0 Å². The van der Waals surface area contributed by atoms with Gasteiger partial charge in [0.25, 0.3) is 0 Å². The molecule has 2 nitrogen and oxygen atoms in total. The lowest BCUT2D eigenvalue weighted by atomic mass is 10.1. The minimum absolute atomic E-state index is 0.121. The van der Waals surface area contributed by atoms with Crippen molar-refractivity contribution in [1.29, 1.82) is 0 Å². The van der Waals surface area contributed by atoms with Crippen molar-refractivity contribution >= 4 is 37.8 Å². The highest BCUT2D eigenvalue weighted by Crippen LogP contribution is 2.25. The summed E-state index contributed by atoms with van der Waals surface area (Å²) in [5.74, 6) is -0.727. The highest BCUT2D eigenvalue weighted by atomic mass is 79.9. The molecule has 0 spiro atoms. The minimum atomic E-state index is -0.370. The van der Waals surface area contributed by atoms with Crippen LogP contribution in [0.3, 0.4) is 0 Å². The monoisotopic (exact) mass is 324 g/mol. The molecule has 0 aliphatic carbocycles. The molecule has 1 rings (SSSR count). The average Bonchev–Trinajstić information content (AvgIpc) is 2.14. The van der Waals surface area contributed by atoms with Crippen LogP contribution < -0.4 is 0 Å².